The maximum Gasteiger partial charge on any atom is 0.410 e. The summed E-state index contributed by atoms with van der Waals surface area (Å²) in [5, 5.41) is 11.1. The highest BCUT2D eigenvalue weighted by molar-refractivity contribution is 7.92. The molecule has 2 aromatic carbocycles. The lowest BCUT2D eigenvalue weighted by atomic mass is 9.91. The smallest absolute Gasteiger partial charge is 0.410 e. The van der Waals surface area contributed by atoms with Gasteiger partial charge in [0.2, 0.25) is 11.9 Å². The van der Waals surface area contributed by atoms with Gasteiger partial charge in [0.15, 0.2) is 15.6 Å². The number of nitrogens with one attached hydrogen (secondary N) is 2. The van der Waals surface area contributed by atoms with E-state index in [4.69, 9.17) is 29.2 Å². The molecule has 444 valence electrons. The Bertz CT molecular complexity index is 3420. The van der Waals surface area contributed by atoms with Crippen LogP contribution in [0.5, 0.6) is 11.5 Å². The van der Waals surface area contributed by atoms with E-state index < -0.39 is 20.2 Å². The normalized spacial score (nSPS) is 19.5. The number of nitrogens with zero attached hydrogens (tertiary/aromatic N) is 11. The molecule has 0 aliphatic carbocycles. The largest absolute Gasteiger partial charge is 0.492 e. The number of aromatic nitrogens is 7. The molecule has 0 bridgehead atoms. The average molecular weight is 1160 g/mol. The van der Waals surface area contributed by atoms with Crippen molar-refractivity contribution in [2.75, 3.05) is 80.6 Å². The van der Waals surface area contributed by atoms with E-state index in [0.29, 0.717) is 86.5 Å². The second-order valence-corrected chi connectivity index (χ2v) is 28.3. The Kier molecular flexibility index (Phi) is 16.8. The molecule has 4 aliphatic rings. The van der Waals surface area contributed by atoms with Gasteiger partial charge in [-0.15, -0.1) is 0 Å². The van der Waals surface area contributed by atoms with Crippen molar-refractivity contribution in [3.63, 3.8) is 0 Å². The van der Waals surface area contributed by atoms with Crippen molar-refractivity contribution in [1.82, 2.24) is 49.8 Å². The summed E-state index contributed by atoms with van der Waals surface area (Å²) in [4.78, 5) is 62.1. The van der Waals surface area contributed by atoms with Gasteiger partial charge >= 0.3 is 6.09 Å². The number of rotatable bonds is 15. The SMILES string of the molecule is Cc1n[nH]c(Nc2ncnc3cc(OCC4CCN(c5ncc(OC6CCN(CC7CN(C(=O)OC(C)(C)C)C(C)CN7CC(=O)N7CC(C)(C)c8ncc(Cc9ccc(F)cc9)cc87)CC6)cn5)CC4)c(S(=O)(=O)C(C)(C)C)cc23)c1C. The van der Waals surface area contributed by atoms with Crippen LogP contribution in [-0.2, 0) is 31.2 Å². The molecule has 3 saturated heterocycles. The summed E-state index contributed by atoms with van der Waals surface area (Å²) in [5.41, 5.74) is 4.91. The molecule has 2 unspecified atom stereocenters. The van der Waals surface area contributed by atoms with Gasteiger partial charge < -0.3 is 39.1 Å². The average Bonchev–Trinajstić information content (AvgIpc) is 2.72. The van der Waals surface area contributed by atoms with E-state index in [0.717, 1.165) is 72.5 Å². The van der Waals surface area contributed by atoms with Crippen LogP contribution in [0.1, 0.15) is 116 Å². The van der Waals surface area contributed by atoms with Gasteiger partial charge in [0, 0.05) is 93.1 Å². The lowest BCUT2D eigenvalue weighted by Gasteiger charge is -2.47. The first-order chi connectivity index (χ1) is 39.3. The number of ether oxygens (including phenoxy) is 3. The van der Waals surface area contributed by atoms with Crippen LogP contribution >= 0.6 is 0 Å². The van der Waals surface area contributed by atoms with Crippen molar-refractivity contribution in [3.05, 3.63) is 101 Å². The molecule has 2 atom stereocenters. The van der Waals surface area contributed by atoms with Crippen LogP contribution in [-0.4, -0.2) is 164 Å². The summed E-state index contributed by atoms with van der Waals surface area (Å²) >= 11 is 0. The van der Waals surface area contributed by atoms with Gasteiger partial charge in [-0.2, -0.15) is 5.10 Å². The lowest BCUT2D eigenvalue weighted by Crippen LogP contribution is -2.63. The number of anilines is 4. The Morgan fingerprint density at radius 3 is 2.24 bits per heavy atom. The molecule has 4 aromatic heterocycles. The quantitative estimate of drug-likeness (QED) is 0.0980. The number of fused-ring (bicyclic) bond motifs is 2. The van der Waals surface area contributed by atoms with Gasteiger partial charge in [0.05, 0.1) is 52.9 Å². The molecule has 0 saturated carbocycles. The van der Waals surface area contributed by atoms with Crippen molar-refractivity contribution < 1.29 is 36.6 Å². The number of amides is 2. The van der Waals surface area contributed by atoms with E-state index in [2.05, 4.69) is 60.1 Å². The molecular formula is C61H80FN13O7S. The van der Waals surface area contributed by atoms with E-state index in [1.165, 1.54) is 18.5 Å². The monoisotopic (exact) mass is 1160 g/mol. The topological polar surface area (TPSA) is 217 Å². The van der Waals surface area contributed by atoms with E-state index in [1.807, 2.05) is 57.5 Å². The van der Waals surface area contributed by atoms with Crippen LogP contribution in [0.25, 0.3) is 10.9 Å². The molecule has 3 fully saturated rings. The van der Waals surface area contributed by atoms with Crippen LogP contribution in [0.3, 0.4) is 0 Å². The summed E-state index contributed by atoms with van der Waals surface area (Å²) in [7, 11) is -3.84. The van der Waals surface area contributed by atoms with Gasteiger partial charge in [-0.3, -0.25) is 19.8 Å². The molecule has 0 spiro atoms. The molecule has 83 heavy (non-hydrogen) atoms. The summed E-state index contributed by atoms with van der Waals surface area (Å²) in [6.45, 7) is 26.3. The Morgan fingerprint density at radius 1 is 0.867 bits per heavy atom. The number of likely N-dealkylation sites (tertiary alicyclic amines) is 1. The summed E-state index contributed by atoms with van der Waals surface area (Å²) in [5.74, 6) is 2.48. The minimum atomic E-state index is -3.84. The van der Waals surface area contributed by atoms with Crippen molar-refractivity contribution >= 4 is 56.0 Å². The fraction of sp³-hybridized carbons (Fsp3) is 0.541. The van der Waals surface area contributed by atoms with E-state index in [-0.39, 0.29) is 64.5 Å². The van der Waals surface area contributed by atoms with Gasteiger partial charge in [-0.05, 0) is 136 Å². The number of H-pyrrole nitrogens is 1. The highest BCUT2D eigenvalue weighted by atomic mass is 32.2. The first kappa shape index (κ1) is 59.1. The zero-order chi connectivity index (χ0) is 59.2. The Balaban J connectivity index is 0.736. The molecule has 20 nitrogen and oxygen atoms in total. The third-order valence-corrected chi connectivity index (χ3v) is 19.0. The Labute approximate surface area is 486 Å². The summed E-state index contributed by atoms with van der Waals surface area (Å²) in [6.07, 6.45) is 10.1. The number of sulfone groups is 1. The molecule has 8 heterocycles. The van der Waals surface area contributed by atoms with E-state index in [9.17, 15) is 22.4 Å². The Hall–Kier alpha value is -7.04. The van der Waals surface area contributed by atoms with Crippen LogP contribution in [0.2, 0.25) is 0 Å². The number of pyridine rings is 1. The first-order valence-corrected chi connectivity index (χ1v) is 30.5. The number of carbonyl (C=O) groups is 2. The highest BCUT2D eigenvalue weighted by Crippen LogP contribution is 2.41. The molecule has 2 N–H and O–H groups in total. The standard InChI is InChI=1S/C61H80FN13O7S/c1-38-31-73(34-53(76)75-36-61(10,11)54-50(75)25-43(28-63-54)24-41-12-14-44(62)15-13-41)45(33-74(38)58(77)82-59(4,5)6)32-71-20-18-46(19-21-71)81-47-29-64-57(65-30-47)72-22-16-42(17-23-72)35-80-51-27-49-48(26-52(51)83(78,79)60(7,8)9)56(67-37-66-49)68-55-39(2)40(3)69-70-55/h12-15,25-30,37-38,42,45-46H,16-24,31-36H2,1-11H3,(H2,66,67,68,69,70). The molecular weight excluding hydrogens is 1080 g/mol. The minimum absolute atomic E-state index is 0.0175. The summed E-state index contributed by atoms with van der Waals surface area (Å²) < 4.78 is 59.6. The van der Waals surface area contributed by atoms with Crippen molar-refractivity contribution in [2.45, 2.75) is 147 Å². The third kappa shape index (κ3) is 13.3. The van der Waals surface area contributed by atoms with Crippen LogP contribution in [0, 0.1) is 25.6 Å². The number of aromatic amines is 1. The number of halogens is 1. The molecule has 6 aromatic rings. The number of benzene rings is 2. The molecule has 4 aliphatic heterocycles. The van der Waals surface area contributed by atoms with Gasteiger partial charge in [-0.25, -0.2) is 37.5 Å². The lowest BCUT2D eigenvalue weighted by molar-refractivity contribution is -0.121. The maximum absolute atomic E-state index is 14.6. The Morgan fingerprint density at radius 2 is 1.58 bits per heavy atom. The minimum Gasteiger partial charge on any atom is -0.492 e. The van der Waals surface area contributed by atoms with Gasteiger partial charge in [0.1, 0.15) is 46.1 Å². The van der Waals surface area contributed by atoms with Gasteiger partial charge in [-0.1, -0.05) is 26.0 Å². The van der Waals surface area contributed by atoms with Crippen molar-refractivity contribution in [1.29, 1.82) is 0 Å². The molecule has 0 radical (unpaired) electrons. The van der Waals surface area contributed by atoms with E-state index >= 15 is 0 Å². The van der Waals surface area contributed by atoms with E-state index in [1.54, 1.807) is 57.4 Å². The van der Waals surface area contributed by atoms with Crippen LogP contribution in [0.15, 0.2) is 72.3 Å². The number of hydrogen-bond acceptors (Lipinski definition) is 17. The highest BCUT2D eigenvalue weighted by Gasteiger charge is 2.43. The fourth-order valence-electron chi connectivity index (χ4n) is 11.5. The van der Waals surface area contributed by atoms with Gasteiger partial charge in [0.25, 0.3) is 0 Å². The summed E-state index contributed by atoms with van der Waals surface area (Å²) in [6, 6.07) is 11.5. The fourth-order valence-corrected chi connectivity index (χ4v) is 12.8. The number of piperazine rings is 1. The molecule has 2 amide bonds. The number of carbonyl (C=O) groups excluding carboxylic acids is 2. The number of hydrogen-bond donors (Lipinski definition) is 2. The molecule has 10 rings (SSSR count). The second-order valence-electron chi connectivity index (χ2n) is 25.6. The molecule has 22 heteroatoms. The zero-order valence-electron chi connectivity index (χ0n) is 49.8. The third-order valence-electron chi connectivity index (χ3n) is 16.5. The predicted octanol–water partition coefficient (Wildman–Crippen LogP) is 8.97. The second kappa shape index (κ2) is 23.5. The number of piperidine rings is 2. The first-order valence-electron chi connectivity index (χ1n) is 29.0. The maximum atomic E-state index is 14.6. The predicted molar refractivity (Wildman–Crippen MR) is 317 cm³/mol. The van der Waals surface area contributed by atoms with Crippen molar-refractivity contribution in [3.8, 4) is 11.5 Å². The van der Waals surface area contributed by atoms with Crippen LogP contribution in [0.4, 0.5) is 32.5 Å². The van der Waals surface area contributed by atoms with Crippen molar-refractivity contribution in [2.24, 2.45) is 5.92 Å². The zero-order valence-corrected chi connectivity index (χ0v) is 50.6. The number of aryl methyl sites for hydroxylation is 1. The van der Waals surface area contributed by atoms with Crippen LogP contribution < -0.4 is 24.6 Å².